The van der Waals surface area contributed by atoms with Crippen LogP contribution in [-0.2, 0) is 17.8 Å². The highest BCUT2D eigenvalue weighted by Crippen LogP contribution is 2.29. The van der Waals surface area contributed by atoms with Crippen molar-refractivity contribution in [2.75, 3.05) is 39.9 Å². The van der Waals surface area contributed by atoms with E-state index < -0.39 is 0 Å². The van der Waals surface area contributed by atoms with Crippen molar-refractivity contribution in [3.63, 3.8) is 0 Å². The lowest BCUT2D eigenvalue weighted by Gasteiger charge is -2.39. The van der Waals surface area contributed by atoms with E-state index in [1.165, 1.54) is 5.56 Å². The van der Waals surface area contributed by atoms with E-state index in [0.29, 0.717) is 13.2 Å². The number of benzene rings is 2. The number of nitrogens with zero attached hydrogens (tertiary/aromatic N) is 6. The Hall–Kier alpha value is -2.03. The molecule has 0 radical (unpaired) electrons. The molecule has 1 aliphatic heterocycles. The van der Waals surface area contributed by atoms with Gasteiger partial charge in [-0.25, -0.2) is 4.68 Å². The molecule has 7 nitrogen and oxygen atoms in total. The van der Waals surface area contributed by atoms with Gasteiger partial charge >= 0.3 is 0 Å². The highest BCUT2D eigenvalue weighted by Gasteiger charge is 2.30. The maximum absolute atomic E-state index is 6.14. The Morgan fingerprint density at radius 1 is 1.00 bits per heavy atom. The van der Waals surface area contributed by atoms with E-state index in [-0.39, 0.29) is 18.4 Å². The number of rotatable bonds is 8. The summed E-state index contributed by atoms with van der Waals surface area (Å²) < 4.78 is 7.08. The molecule has 0 spiro atoms. The zero-order valence-electron chi connectivity index (χ0n) is 17.6. The van der Waals surface area contributed by atoms with Crippen LogP contribution in [0.1, 0.15) is 23.0 Å². The van der Waals surface area contributed by atoms with E-state index in [0.717, 1.165) is 49.1 Å². The monoisotopic (exact) mass is 462 g/mol. The largest absolute Gasteiger partial charge is 0.383 e. The molecule has 2 aromatic carbocycles. The molecule has 0 saturated carbocycles. The average Bonchev–Trinajstić information content (AvgIpc) is 3.24. The molecule has 9 heteroatoms. The van der Waals surface area contributed by atoms with Crippen molar-refractivity contribution in [1.29, 1.82) is 0 Å². The molecule has 0 bridgehead atoms. The first-order valence-electron chi connectivity index (χ1n) is 10.3. The second-order valence-corrected chi connectivity index (χ2v) is 7.94. The molecule has 0 aliphatic carbocycles. The van der Waals surface area contributed by atoms with Crippen LogP contribution in [0.25, 0.3) is 0 Å². The van der Waals surface area contributed by atoms with E-state index in [4.69, 9.17) is 16.3 Å². The molecule has 4 rings (SSSR count). The van der Waals surface area contributed by atoms with Gasteiger partial charge < -0.3 is 4.74 Å². The van der Waals surface area contributed by atoms with Gasteiger partial charge in [-0.3, -0.25) is 9.80 Å². The van der Waals surface area contributed by atoms with Crippen molar-refractivity contribution in [3.8, 4) is 0 Å². The second kappa shape index (κ2) is 11.5. The highest BCUT2D eigenvalue weighted by molar-refractivity contribution is 6.30. The van der Waals surface area contributed by atoms with Crippen molar-refractivity contribution in [2.24, 2.45) is 0 Å². The third-order valence-electron chi connectivity index (χ3n) is 5.52. The number of tetrazole rings is 1. The lowest BCUT2D eigenvalue weighted by atomic mass is 10.0. The van der Waals surface area contributed by atoms with Crippen molar-refractivity contribution < 1.29 is 4.74 Å². The van der Waals surface area contributed by atoms with Gasteiger partial charge in [0, 0.05) is 44.9 Å². The molecule has 1 saturated heterocycles. The first kappa shape index (κ1) is 23.6. The minimum absolute atomic E-state index is 0. The van der Waals surface area contributed by atoms with Crippen LogP contribution in [0.2, 0.25) is 5.02 Å². The van der Waals surface area contributed by atoms with Crippen LogP contribution in [0.3, 0.4) is 0 Å². The van der Waals surface area contributed by atoms with Crippen LogP contribution in [0, 0.1) is 0 Å². The minimum Gasteiger partial charge on any atom is -0.383 e. The summed E-state index contributed by atoms with van der Waals surface area (Å²) in [5.74, 6) is 0.839. The third kappa shape index (κ3) is 6.02. The standard InChI is InChI=1S/C22H27ClN6O.ClH/c1-30-16-15-29-22(24-25-26-29)21(19-7-9-20(23)10-8-19)28-13-11-27(12-14-28)17-18-5-3-2-4-6-18;/h2-10,21H,11-17H2,1H3;1H. The Balaban J connectivity index is 0.00000272. The van der Waals surface area contributed by atoms with Gasteiger partial charge in [0.05, 0.1) is 19.2 Å². The van der Waals surface area contributed by atoms with Gasteiger partial charge in [0.15, 0.2) is 5.82 Å². The number of methoxy groups -OCH3 is 1. The quantitative estimate of drug-likeness (QED) is 0.511. The number of hydrogen-bond donors (Lipinski definition) is 0. The lowest BCUT2D eigenvalue weighted by Crippen LogP contribution is -2.48. The van der Waals surface area contributed by atoms with Crippen LogP contribution in [-0.4, -0.2) is 69.9 Å². The second-order valence-electron chi connectivity index (χ2n) is 7.50. The molecule has 2 heterocycles. The minimum atomic E-state index is -0.0204. The van der Waals surface area contributed by atoms with Crippen LogP contribution >= 0.6 is 24.0 Å². The van der Waals surface area contributed by atoms with Crippen molar-refractivity contribution in [3.05, 3.63) is 76.6 Å². The summed E-state index contributed by atoms with van der Waals surface area (Å²) in [6.07, 6.45) is 0. The van der Waals surface area contributed by atoms with Crippen LogP contribution in [0.4, 0.5) is 0 Å². The fourth-order valence-corrected chi connectivity index (χ4v) is 4.06. The first-order chi connectivity index (χ1) is 14.7. The van der Waals surface area contributed by atoms with Crippen molar-refractivity contribution in [2.45, 2.75) is 19.1 Å². The molecular formula is C22H28Cl2N6O. The van der Waals surface area contributed by atoms with Crippen LogP contribution < -0.4 is 0 Å². The molecule has 31 heavy (non-hydrogen) atoms. The molecular weight excluding hydrogens is 435 g/mol. The summed E-state index contributed by atoms with van der Waals surface area (Å²) in [6.45, 7) is 6.05. The SMILES string of the molecule is COCCn1nnnc1C(c1ccc(Cl)cc1)N1CCN(Cc2ccccc2)CC1.Cl. The maximum atomic E-state index is 6.14. The van der Waals surface area contributed by atoms with Gasteiger partial charge in [0.25, 0.3) is 0 Å². The zero-order valence-corrected chi connectivity index (χ0v) is 19.2. The van der Waals surface area contributed by atoms with Crippen molar-refractivity contribution in [1.82, 2.24) is 30.0 Å². The van der Waals surface area contributed by atoms with Gasteiger partial charge in [-0.05, 0) is 33.7 Å². The molecule has 1 unspecified atom stereocenters. The highest BCUT2D eigenvalue weighted by atomic mass is 35.5. The Kier molecular flexibility index (Phi) is 8.80. The Labute approximate surface area is 194 Å². The van der Waals surface area contributed by atoms with E-state index in [1.54, 1.807) is 7.11 Å². The smallest absolute Gasteiger partial charge is 0.173 e. The van der Waals surface area contributed by atoms with E-state index >= 15 is 0 Å². The fourth-order valence-electron chi connectivity index (χ4n) is 3.93. The number of piperazine rings is 1. The van der Waals surface area contributed by atoms with Gasteiger partial charge in [-0.1, -0.05) is 54.1 Å². The summed E-state index contributed by atoms with van der Waals surface area (Å²) in [5.41, 5.74) is 2.49. The molecule has 1 aliphatic rings. The summed E-state index contributed by atoms with van der Waals surface area (Å²) >= 11 is 6.14. The Morgan fingerprint density at radius 2 is 1.71 bits per heavy atom. The molecule has 1 atom stereocenters. The summed E-state index contributed by atoms with van der Waals surface area (Å²) in [4.78, 5) is 4.96. The topological polar surface area (TPSA) is 59.3 Å². The van der Waals surface area contributed by atoms with E-state index in [2.05, 4.69) is 67.8 Å². The number of aromatic nitrogens is 4. The van der Waals surface area contributed by atoms with E-state index in [1.807, 2.05) is 16.8 Å². The van der Waals surface area contributed by atoms with Crippen LogP contribution in [0.15, 0.2) is 54.6 Å². The summed E-state index contributed by atoms with van der Waals surface area (Å²) in [6, 6.07) is 18.6. The zero-order chi connectivity index (χ0) is 20.8. The predicted octanol–water partition coefficient (Wildman–Crippen LogP) is 3.30. The molecule has 0 N–H and O–H groups in total. The summed E-state index contributed by atoms with van der Waals surface area (Å²) in [5, 5.41) is 13.3. The third-order valence-corrected chi connectivity index (χ3v) is 5.77. The van der Waals surface area contributed by atoms with E-state index in [9.17, 15) is 0 Å². The molecule has 0 amide bonds. The molecule has 1 aromatic heterocycles. The Bertz CT molecular complexity index is 913. The lowest BCUT2D eigenvalue weighted by molar-refractivity contribution is 0.0989. The fraction of sp³-hybridized carbons (Fsp3) is 0.409. The summed E-state index contributed by atoms with van der Waals surface area (Å²) in [7, 11) is 1.69. The predicted molar refractivity (Wildman–Crippen MR) is 124 cm³/mol. The Morgan fingerprint density at radius 3 is 2.39 bits per heavy atom. The normalized spacial score (nSPS) is 16.1. The van der Waals surface area contributed by atoms with Gasteiger partial charge in [0.1, 0.15) is 0 Å². The van der Waals surface area contributed by atoms with Gasteiger partial charge in [-0.2, -0.15) is 0 Å². The number of hydrogen-bond acceptors (Lipinski definition) is 6. The van der Waals surface area contributed by atoms with Crippen molar-refractivity contribution >= 4 is 24.0 Å². The number of ether oxygens (including phenoxy) is 1. The molecule has 3 aromatic rings. The maximum Gasteiger partial charge on any atom is 0.173 e. The molecule has 1 fully saturated rings. The first-order valence-corrected chi connectivity index (χ1v) is 10.6. The van der Waals surface area contributed by atoms with Gasteiger partial charge in [0.2, 0.25) is 0 Å². The number of halogens is 2. The van der Waals surface area contributed by atoms with Gasteiger partial charge in [-0.15, -0.1) is 17.5 Å². The average molecular weight is 463 g/mol. The molecule has 166 valence electrons. The van der Waals surface area contributed by atoms with Crippen LogP contribution in [0.5, 0.6) is 0 Å².